The van der Waals surface area contributed by atoms with Gasteiger partial charge in [0.15, 0.2) is 0 Å². The van der Waals surface area contributed by atoms with Crippen LogP contribution in [0.25, 0.3) is 0 Å². The van der Waals surface area contributed by atoms with Gasteiger partial charge in [-0.3, -0.25) is 0 Å². The van der Waals surface area contributed by atoms with Crippen molar-refractivity contribution >= 4 is 5.97 Å². The fourth-order valence-corrected chi connectivity index (χ4v) is 1.81. The van der Waals surface area contributed by atoms with Crippen molar-refractivity contribution in [3.63, 3.8) is 0 Å². The maximum atomic E-state index is 11.5. The predicted molar refractivity (Wildman–Crippen MR) is 54.4 cm³/mol. The Morgan fingerprint density at radius 2 is 2.29 bits per heavy atom. The first-order valence-electron chi connectivity index (χ1n) is 5.03. The molecule has 0 spiro atoms. The van der Waals surface area contributed by atoms with Crippen LogP contribution in [-0.4, -0.2) is 12.1 Å². The Balaban J connectivity index is 2.44. The largest absolute Gasteiger partial charge is 0.459 e. The molecular weight excluding hydrogens is 176 g/mol. The molecule has 2 heteroatoms. The van der Waals surface area contributed by atoms with Crippen LogP contribution >= 0.6 is 0 Å². The van der Waals surface area contributed by atoms with Crippen molar-refractivity contribution in [2.24, 2.45) is 0 Å². The fraction of sp³-hybridized carbons (Fsp3) is 0.417. The molecule has 14 heavy (non-hydrogen) atoms. The molecule has 74 valence electrons. The summed E-state index contributed by atoms with van der Waals surface area (Å²) in [5.41, 5.74) is 3.06. The molecule has 1 heterocycles. The van der Waals surface area contributed by atoms with E-state index >= 15 is 0 Å². The Kier molecular flexibility index (Phi) is 2.28. The minimum Gasteiger partial charge on any atom is -0.459 e. The quantitative estimate of drug-likeness (QED) is 0.635. The molecule has 1 aliphatic heterocycles. The second-order valence-electron chi connectivity index (χ2n) is 3.77. The number of rotatable bonds is 1. The molecule has 1 atom stereocenters. The van der Waals surface area contributed by atoms with Crippen molar-refractivity contribution < 1.29 is 9.53 Å². The topological polar surface area (TPSA) is 26.3 Å². The number of ether oxygens (including phenoxy) is 1. The van der Waals surface area contributed by atoms with Crippen LogP contribution in [0.5, 0.6) is 0 Å². The molecule has 0 aliphatic carbocycles. The summed E-state index contributed by atoms with van der Waals surface area (Å²) in [6.07, 6.45) is 1.81. The van der Waals surface area contributed by atoms with Crippen LogP contribution in [0.15, 0.2) is 18.2 Å². The maximum absolute atomic E-state index is 11.5. The Bertz CT molecular complexity index is 369. The number of benzene rings is 1. The molecule has 0 fully saturated rings. The summed E-state index contributed by atoms with van der Waals surface area (Å²) in [6, 6.07) is 6.08. The van der Waals surface area contributed by atoms with E-state index in [1.165, 1.54) is 5.56 Å². The smallest absolute Gasteiger partial charge is 0.338 e. The van der Waals surface area contributed by atoms with Gasteiger partial charge in [0.2, 0.25) is 0 Å². The molecule has 1 unspecified atom stereocenters. The van der Waals surface area contributed by atoms with E-state index in [9.17, 15) is 4.79 Å². The number of cyclic esters (lactones) is 1. The fourth-order valence-electron chi connectivity index (χ4n) is 1.81. The number of carbonyl (C=O) groups is 1. The highest BCUT2D eigenvalue weighted by Gasteiger charge is 2.23. The third kappa shape index (κ3) is 1.52. The molecule has 0 bridgehead atoms. The second-order valence-corrected chi connectivity index (χ2v) is 3.77. The zero-order valence-electron chi connectivity index (χ0n) is 8.54. The highest BCUT2D eigenvalue weighted by molar-refractivity contribution is 5.92. The van der Waals surface area contributed by atoms with Gasteiger partial charge in [0.25, 0.3) is 0 Å². The number of esters is 1. The molecule has 2 rings (SSSR count). The molecule has 0 saturated carbocycles. The third-order valence-corrected chi connectivity index (χ3v) is 2.62. The van der Waals surface area contributed by atoms with Gasteiger partial charge in [-0.25, -0.2) is 4.79 Å². The molecule has 0 saturated heterocycles. The minimum atomic E-state index is -0.172. The van der Waals surface area contributed by atoms with Crippen LogP contribution in [0, 0.1) is 0 Å². The van der Waals surface area contributed by atoms with Crippen LogP contribution in [0.2, 0.25) is 0 Å². The van der Waals surface area contributed by atoms with Gasteiger partial charge in [-0.2, -0.15) is 0 Å². The van der Waals surface area contributed by atoms with E-state index in [1.807, 2.05) is 19.1 Å². The Hall–Kier alpha value is -1.31. The number of fused-ring (bicyclic) bond motifs is 1. The lowest BCUT2D eigenvalue weighted by Gasteiger charge is -2.21. The first-order valence-corrected chi connectivity index (χ1v) is 5.03. The monoisotopic (exact) mass is 190 g/mol. The van der Waals surface area contributed by atoms with E-state index in [-0.39, 0.29) is 12.1 Å². The molecule has 1 aliphatic rings. The number of hydrogen-bond acceptors (Lipinski definition) is 2. The average molecular weight is 190 g/mol. The van der Waals surface area contributed by atoms with Crippen molar-refractivity contribution in [2.45, 2.75) is 32.8 Å². The third-order valence-electron chi connectivity index (χ3n) is 2.62. The van der Waals surface area contributed by atoms with Gasteiger partial charge in [0.05, 0.1) is 5.56 Å². The number of hydrogen-bond donors (Lipinski definition) is 0. The van der Waals surface area contributed by atoms with Gasteiger partial charge in [-0.15, -0.1) is 0 Å². The SMILES string of the molecule is CCc1ccc2c(c1)C(=O)OC(C)C2. The summed E-state index contributed by atoms with van der Waals surface area (Å²) in [5.74, 6) is -0.172. The van der Waals surface area contributed by atoms with Crippen LogP contribution in [0.1, 0.15) is 35.3 Å². The average Bonchev–Trinajstić information content (AvgIpc) is 2.17. The van der Waals surface area contributed by atoms with Crippen LogP contribution < -0.4 is 0 Å². The van der Waals surface area contributed by atoms with Crippen molar-refractivity contribution in [1.29, 1.82) is 0 Å². The van der Waals surface area contributed by atoms with E-state index < -0.39 is 0 Å². The molecule has 0 N–H and O–H groups in total. The summed E-state index contributed by atoms with van der Waals surface area (Å²) < 4.78 is 5.17. The Morgan fingerprint density at radius 1 is 1.50 bits per heavy atom. The van der Waals surface area contributed by atoms with E-state index in [0.29, 0.717) is 0 Å². The number of carbonyl (C=O) groups excluding carboxylic acids is 1. The zero-order valence-corrected chi connectivity index (χ0v) is 8.54. The Morgan fingerprint density at radius 3 is 3.00 bits per heavy atom. The van der Waals surface area contributed by atoms with Crippen molar-refractivity contribution in [3.05, 3.63) is 34.9 Å². The summed E-state index contributed by atoms with van der Waals surface area (Å²) in [4.78, 5) is 11.5. The van der Waals surface area contributed by atoms with Gasteiger partial charge in [-0.05, 0) is 30.5 Å². The van der Waals surface area contributed by atoms with Gasteiger partial charge < -0.3 is 4.74 Å². The van der Waals surface area contributed by atoms with Gasteiger partial charge >= 0.3 is 5.97 Å². The van der Waals surface area contributed by atoms with E-state index in [1.54, 1.807) is 0 Å². The van der Waals surface area contributed by atoms with E-state index in [0.717, 1.165) is 24.0 Å². The van der Waals surface area contributed by atoms with Crippen LogP contribution in [0.3, 0.4) is 0 Å². The second kappa shape index (κ2) is 3.45. The molecule has 0 radical (unpaired) electrons. The highest BCUT2D eigenvalue weighted by atomic mass is 16.5. The van der Waals surface area contributed by atoms with Gasteiger partial charge in [0, 0.05) is 6.42 Å². The van der Waals surface area contributed by atoms with Crippen molar-refractivity contribution in [3.8, 4) is 0 Å². The molecule has 1 aromatic carbocycles. The van der Waals surface area contributed by atoms with Crippen molar-refractivity contribution in [1.82, 2.24) is 0 Å². The predicted octanol–water partition coefficient (Wildman–Crippen LogP) is 2.35. The van der Waals surface area contributed by atoms with E-state index in [2.05, 4.69) is 13.0 Å². The molecule has 0 aromatic heterocycles. The summed E-state index contributed by atoms with van der Waals surface area (Å²) in [6.45, 7) is 4.01. The van der Waals surface area contributed by atoms with Crippen LogP contribution in [0.4, 0.5) is 0 Å². The first-order chi connectivity index (χ1) is 6.70. The summed E-state index contributed by atoms with van der Waals surface area (Å²) in [5, 5.41) is 0. The highest BCUT2D eigenvalue weighted by Crippen LogP contribution is 2.21. The van der Waals surface area contributed by atoms with Gasteiger partial charge in [0.1, 0.15) is 6.10 Å². The minimum absolute atomic E-state index is 0.0162. The van der Waals surface area contributed by atoms with E-state index in [4.69, 9.17) is 4.74 Å². The molecule has 1 aromatic rings. The maximum Gasteiger partial charge on any atom is 0.338 e. The standard InChI is InChI=1S/C12H14O2/c1-3-9-4-5-10-6-8(2)14-12(13)11(10)7-9/h4-5,7-8H,3,6H2,1-2H3. The molecular formula is C12H14O2. The van der Waals surface area contributed by atoms with Crippen LogP contribution in [-0.2, 0) is 17.6 Å². The lowest BCUT2D eigenvalue weighted by atomic mass is 9.96. The molecule has 2 nitrogen and oxygen atoms in total. The first kappa shape index (κ1) is 9.25. The van der Waals surface area contributed by atoms with Crippen molar-refractivity contribution in [2.75, 3.05) is 0 Å². The lowest BCUT2D eigenvalue weighted by Crippen LogP contribution is -2.25. The van der Waals surface area contributed by atoms with Gasteiger partial charge in [-0.1, -0.05) is 19.1 Å². The number of aryl methyl sites for hydroxylation is 1. The normalized spacial score (nSPS) is 20.1. The lowest BCUT2D eigenvalue weighted by molar-refractivity contribution is 0.0301. The molecule has 0 amide bonds. The Labute approximate surface area is 83.9 Å². The summed E-state index contributed by atoms with van der Waals surface area (Å²) in [7, 11) is 0. The zero-order chi connectivity index (χ0) is 10.1. The summed E-state index contributed by atoms with van der Waals surface area (Å²) >= 11 is 0.